The molecule has 0 unspecified atom stereocenters. The lowest BCUT2D eigenvalue weighted by Crippen LogP contribution is -2.34. The van der Waals surface area contributed by atoms with E-state index in [9.17, 15) is 9.59 Å². The van der Waals surface area contributed by atoms with Gasteiger partial charge >= 0.3 is 0 Å². The van der Waals surface area contributed by atoms with Crippen LogP contribution in [0.3, 0.4) is 0 Å². The van der Waals surface area contributed by atoms with E-state index in [2.05, 4.69) is 0 Å². The molecule has 0 atom stereocenters. The van der Waals surface area contributed by atoms with Gasteiger partial charge in [-0.15, -0.1) is 0 Å². The fraction of sp³-hybridized carbons (Fsp3) is 0.222. The number of aromatic nitrogens is 1. The van der Waals surface area contributed by atoms with Crippen LogP contribution in [0, 0.1) is 0 Å². The Balaban J connectivity index is 2.50. The second-order valence-electron chi connectivity index (χ2n) is 5.66. The molecule has 0 radical (unpaired) electrons. The Labute approximate surface area is 128 Å². The molecule has 3 rings (SSSR count). The van der Waals surface area contributed by atoms with Crippen LogP contribution >= 0.6 is 0 Å². The van der Waals surface area contributed by atoms with E-state index in [0.717, 1.165) is 10.8 Å². The molecule has 3 aromatic rings. The molecule has 1 aromatic heterocycles. The minimum atomic E-state index is -0.223. The third kappa shape index (κ3) is 2.42. The third-order valence-corrected chi connectivity index (χ3v) is 3.87. The van der Waals surface area contributed by atoms with Crippen molar-refractivity contribution >= 4 is 21.5 Å². The largest absolute Gasteiger partial charge is 0.308 e. The number of likely N-dealkylation sites (N-methyl/N-ethyl adjacent to an activating group) is 1. The molecule has 22 heavy (non-hydrogen) atoms. The number of fused-ring (bicyclic) bond motifs is 3. The van der Waals surface area contributed by atoms with Gasteiger partial charge < -0.3 is 4.90 Å². The minimum Gasteiger partial charge on any atom is -0.308 e. The highest BCUT2D eigenvalue weighted by Gasteiger charge is 2.10. The van der Waals surface area contributed by atoms with E-state index in [-0.39, 0.29) is 11.1 Å². The zero-order chi connectivity index (χ0) is 15.7. The topological polar surface area (TPSA) is 42.3 Å². The van der Waals surface area contributed by atoms with Gasteiger partial charge in [0.05, 0.1) is 0 Å². The highest BCUT2D eigenvalue weighted by atomic mass is 16.2. The summed E-state index contributed by atoms with van der Waals surface area (Å²) in [5.74, 6) is 0. The number of nitrogens with zero attached hydrogens (tertiary/aromatic N) is 2. The van der Waals surface area contributed by atoms with Gasteiger partial charge in [0.25, 0.3) is 11.1 Å². The summed E-state index contributed by atoms with van der Waals surface area (Å²) in [6, 6.07) is 14.8. The summed E-state index contributed by atoms with van der Waals surface area (Å²) >= 11 is 0. The van der Waals surface area contributed by atoms with Gasteiger partial charge in [0.15, 0.2) is 0 Å². The van der Waals surface area contributed by atoms with Crippen molar-refractivity contribution in [2.45, 2.75) is 6.54 Å². The first-order valence-electron chi connectivity index (χ1n) is 7.29. The summed E-state index contributed by atoms with van der Waals surface area (Å²) in [4.78, 5) is 27.6. The molecular formula is C18H18N2O2. The van der Waals surface area contributed by atoms with E-state index in [0.29, 0.717) is 23.9 Å². The lowest BCUT2D eigenvalue weighted by atomic mass is 10.1. The lowest BCUT2D eigenvalue weighted by Gasteiger charge is -2.09. The zero-order valence-electron chi connectivity index (χ0n) is 12.7. The molecule has 0 aliphatic rings. The third-order valence-electron chi connectivity index (χ3n) is 3.87. The first-order chi connectivity index (χ1) is 10.6. The standard InChI is InChI=1S/C18H18N2O2/c1-19(2)11-12-20-17(21)15-9-5-3-7-13(15)14-8-4-6-10-16(14)18(20)22/h3-10H,11-12H2,1-2H3. The average Bonchev–Trinajstić information content (AvgIpc) is 2.62. The Bertz CT molecular complexity index is 886. The van der Waals surface area contributed by atoms with Crippen LogP contribution in [0.4, 0.5) is 0 Å². The maximum Gasteiger partial charge on any atom is 0.261 e. The monoisotopic (exact) mass is 294 g/mol. The fourth-order valence-corrected chi connectivity index (χ4v) is 2.70. The van der Waals surface area contributed by atoms with Crippen molar-refractivity contribution in [1.29, 1.82) is 0 Å². The van der Waals surface area contributed by atoms with Gasteiger partial charge in [-0.05, 0) is 37.0 Å². The van der Waals surface area contributed by atoms with Crippen molar-refractivity contribution in [2.24, 2.45) is 0 Å². The molecule has 0 N–H and O–H groups in total. The summed E-state index contributed by atoms with van der Waals surface area (Å²) in [6.45, 7) is 1.02. The van der Waals surface area contributed by atoms with Gasteiger partial charge in [-0.1, -0.05) is 36.4 Å². The van der Waals surface area contributed by atoms with Gasteiger partial charge in [-0.25, -0.2) is 0 Å². The van der Waals surface area contributed by atoms with Gasteiger partial charge in [0.1, 0.15) is 0 Å². The Morgan fingerprint density at radius 1 is 0.773 bits per heavy atom. The van der Waals surface area contributed by atoms with Crippen LogP contribution < -0.4 is 11.1 Å². The Hall–Kier alpha value is -2.46. The predicted molar refractivity (Wildman–Crippen MR) is 90.5 cm³/mol. The number of hydrogen-bond acceptors (Lipinski definition) is 3. The molecule has 0 fully saturated rings. The van der Waals surface area contributed by atoms with Crippen molar-refractivity contribution in [1.82, 2.24) is 9.47 Å². The van der Waals surface area contributed by atoms with Crippen LogP contribution in [0.2, 0.25) is 0 Å². The van der Waals surface area contributed by atoms with E-state index in [4.69, 9.17) is 0 Å². The van der Waals surface area contributed by atoms with Crippen LogP contribution in [-0.2, 0) is 6.54 Å². The number of benzene rings is 2. The maximum absolute atomic E-state index is 12.8. The van der Waals surface area contributed by atoms with Crippen molar-refractivity contribution in [3.63, 3.8) is 0 Å². The molecule has 0 saturated carbocycles. The first kappa shape index (κ1) is 14.5. The number of hydrogen-bond donors (Lipinski definition) is 0. The SMILES string of the molecule is CN(C)CCn1c(=O)c2ccccc2c2ccccc2c1=O. The molecule has 0 amide bonds. The quantitative estimate of drug-likeness (QED) is 0.743. The molecule has 0 saturated heterocycles. The molecule has 0 aliphatic heterocycles. The summed E-state index contributed by atoms with van der Waals surface area (Å²) in [6.07, 6.45) is 0. The van der Waals surface area contributed by atoms with Gasteiger partial charge in [-0.2, -0.15) is 0 Å². The van der Waals surface area contributed by atoms with E-state index in [1.165, 1.54) is 4.57 Å². The van der Waals surface area contributed by atoms with Crippen molar-refractivity contribution in [3.8, 4) is 0 Å². The van der Waals surface area contributed by atoms with E-state index in [1.807, 2.05) is 55.4 Å². The molecular weight excluding hydrogens is 276 g/mol. The molecule has 0 bridgehead atoms. The summed E-state index contributed by atoms with van der Waals surface area (Å²) in [5.41, 5.74) is -0.447. The number of rotatable bonds is 3. The molecule has 2 aromatic carbocycles. The van der Waals surface area contributed by atoms with Gasteiger partial charge in [-0.3, -0.25) is 14.2 Å². The van der Waals surface area contributed by atoms with Crippen LogP contribution in [0.1, 0.15) is 0 Å². The first-order valence-corrected chi connectivity index (χ1v) is 7.29. The average molecular weight is 294 g/mol. The molecule has 1 heterocycles. The van der Waals surface area contributed by atoms with Crippen LogP contribution in [0.5, 0.6) is 0 Å². The van der Waals surface area contributed by atoms with Crippen molar-refractivity contribution in [2.75, 3.05) is 20.6 Å². The smallest absolute Gasteiger partial charge is 0.261 e. The van der Waals surface area contributed by atoms with E-state index >= 15 is 0 Å². The van der Waals surface area contributed by atoms with Crippen LogP contribution in [-0.4, -0.2) is 30.1 Å². The summed E-state index contributed by atoms with van der Waals surface area (Å²) < 4.78 is 1.35. The zero-order valence-corrected chi connectivity index (χ0v) is 12.7. The molecule has 112 valence electrons. The van der Waals surface area contributed by atoms with E-state index < -0.39 is 0 Å². The second-order valence-corrected chi connectivity index (χ2v) is 5.66. The summed E-state index contributed by atoms with van der Waals surface area (Å²) in [5, 5.41) is 2.81. The van der Waals surface area contributed by atoms with Crippen LogP contribution in [0.25, 0.3) is 21.5 Å². The normalized spacial score (nSPS) is 11.4. The van der Waals surface area contributed by atoms with Gasteiger partial charge in [0, 0.05) is 23.9 Å². The van der Waals surface area contributed by atoms with Crippen LogP contribution in [0.15, 0.2) is 58.1 Å². The highest BCUT2D eigenvalue weighted by molar-refractivity contribution is 6.05. The van der Waals surface area contributed by atoms with E-state index in [1.54, 1.807) is 12.1 Å². The predicted octanol–water partition coefficient (Wildman–Crippen LogP) is 2.08. The molecule has 0 aliphatic carbocycles. The van der Waals surface area contributed by atoms with Crippen molar-refractivity contribution < 1.29 is 0 Å². The maximum atomic E-state index is 12.8. The second kappa shape index (κ2) is 5.73. The Morgan fingerprint density at radius 3 is 1.59 bits per heavy atom. The lowest BCUT2D eigenvalue weighted by molar-refractivity contribution is 0.379. The Morgan fingerprint density at radius 2 is 1.18 bits per heavy atom. The van der Waals surface area contributed by atoms with Crippen molar-refractivity contribution in [3.05, 3.63) is 69.2 Å². The molecule has 0 spiro atoms. The summed E-state index contributed by atoms with van der Waals surface area (Å²) in [7, 11) is 3.85. The molecule has 4 heteroatoms. The molecule has 4 nitrogen and oxygen atoms in total. The minimum absolute atomic E-state index is 0.223. The fourth-order valence-electron chi connectivity index (χ4n) is 2.70. The van der Waals surface area contributed by atoms with Gasteiger partial charge in [0.2, 0.25) is 0 Å². The highest BCUT2D eigenvalue weighted by Crippen LogP contribution is 2.19. The Kier molecular flexibility index (Phi) is 3.77.